The fourth-order valence-corrected chi connectivity index (χ4v) is 15.6. The maximum absolute atomic E-state index is 7.15. The molecule has 0 saturated carbocycles. The zero-order chi connectivity index (χ0) is 21.9. The summed E-state index contributed by atoms with van der Waals surface area (Å²) in [6.45, 7) is 23.1. The quantitative estimate of drug-likeness (QED) is 0.380. The van der Waals surface area contributed by atoms with Gasteiger partial charge < -0.3 is 0 Å². The van der Waals surface area contributed by atoms with E-state index in [0.29, 0.717) is 5.92 Å². The van der Waals surface area contributed by atoms with Crippen molar-refractivity contribution in [2.75, 3.05) is 0 Å². The first-order valence-electron chi connectivity index (χ1n) is 10.8. The Kier molecular flexibility index (Phi) is 9.10. The minimum absolute atomic E-state index is 0. The van der Waals surface area contributed by atoms with Crippen molar-refractivity contribution < 1.29 is 18.3 Å². The maximum atomic E-state index is 7.15. The smallest absolute Gasteiger partial charge is 0.147 e. The number of halogens is 2. The predicted octanol–water partition coefficient (Wildman–Crippen LogP) is 7.75. The minimum Gasteiger partial charge on any atom is -0.147 e. The van der Waals surface area contributed by atoms with Crippen molar-refractivity contribution in [3.05, 3.63) is 49.9 Å². The number of allylic oxidation sites excluding steroid dienone is 4. The Morgan fingerprint density at radius 2 is 1.20 bits per heavy atom. The van der Waals surface area contributed by atoms with E-state index < -0.39 is 14.9 Å². The van der Waals surface area contributed by atoms with E-state index in [-0.39, 0.29) is 35.6 Å². The monoisotopic (exact) mass is 507 g/mol. The van der Waals surface area contributed by atoms with E-state index in [4.69, 9.17) is 3.32 Å². The van der Waals surface area contributed by atoms with E-state index >= 15 is 0 Å². The van der Waals surface area contributed by atoms with Crippen molar-refractivity contribution >= 4 is 32.9 Å². The molecular formula is C25H45Cl2OSiTi. The molecule has 1 aliphatic carbocycles. The van der Waals surface area contributed by atoms with Crippen molar-refractivity contribution in [2.45, 2.75) is 90.5 Å². The van der Waals surface area contributed by atoms with Gasteiger partial charge in [0.25, 0.3) is 0 Å². The van der Waals surface area contributed by atoms with Gasteiger partial charge >= 0.3 is 178 Å². The first-order chi connectivity index (χ1) is 12.3. The van der Waals surface area contributed by atoms with Gasteiger partial charge in [0.05, 0.1) is 0 Å². The molecular weight excluding hydrogens is 463 g/mol. The van der Waals surface area contributed by atoms with Gasteiger partial charge in [0.15, 0.2) is 0 Å². The summed E-state index contributed by atoms with van der Waals surface area (Å²) in [5, 5.41) is 4.98. The number of hydrogen-bond donors (Lipinski definition) is 0. The Morgan fingerprint density at radius 3 is 1.50 bits per heavy atom. The molecule has 5 heteroatoms. The third-order valence-corrected chi connectivity index (χ3v) is 15.3. The molecule has 1 aromatic rings. The fraction of sp³-hybridized carbons (Fsp3) is 0.600. The Hall–Kier alpha value is 0.0112. The van der Waals surface area contributed by atoms with Crippen LogP contribution < -0.4 is 3.32 Å². The second-order valence-electron chi connectivity index (χ2n) is 12.4. The van der Waals surface area contributed by atoms with Gasteiger partial charge in [-0.2, -0.15) is 0 Å². The Morgan fingerprint density at radius 1 is 0.800 bits per heavy atom. The van der Waals surface area contributed by atoms with Crippen LogP contribution in [0.1, 0.15) is 80.4 Å². The van der Waals surface area contributed by atoms with Crippen LogP contribution in [-0.4, -0.2) is 8.11 Å². The third-order valence-electron chi connectivity index (χ3n) is 6.67. The van der Waals surface area contributed by atoms with E-state index in [1.165, 1.54) is 27.8 Å². The summed E-state index contributed by atoms with van der Waals surface area (Å²) in [6.07, 6.45) is 0. The van der Waals surface area contributed by atoms with Crippen molar-refractivity contribution in [3.8, 4) is 5.75 Å². The first kappa shape index (κ1) is 30.0. The molecule has 1 atom stereocenters. The van der Waals surface area contributed by atoms with Crippen molar-refractivity contribution in [1.29, 1.82) is 0 Å². The largest absolute Gasteiger partial charge is 0.147 e. The summed E-state index contributed by atoms with van der Waals surface area (Å²) >= 11 is -3.21. The van der Waals surface area contributed by atoms with Gasteiger partial charge in [-0.3, -0.25) is 0 Å². The molecule has 0 amide bonds. The van der Waals surface area contributed by atoms with Gasteiger partial charge in [0.1, 0.15) is 0 Å². The van der Waals surface area contributed by atoms with E-state index in [1.807, 2.05) is 0 Å². The van der Waals surface area contributed by atoms with Crippen LogP contribution in [0, 0.1) is 5.92 Å². The molecule has 1 aliphatic rings. The molecule has 1 unspecified atom stereocenters. The maximum Gasteiger partial charge on any atom is -0.147 e. The Bertz CT molecular complexity index is 830. The van der Waals surface area contributed by atoms with Gasteiger partial charge in [0, 0.05) is 0 Å². The molecule has 1 aromatic carbocycles. The van der Waals surface area contributed by atoms with Gasteiger partial charge in [-0.15, -0.1) is 24.8 Å². The van der Waals surface area contributed by atoms with Gasteiger partial charge in [0.2, 0.25) is 0 Å². The summed E-state index contributed by atoms with van der Waals surface area (Å²) in [4.78, 5) is 0. The second kappa shape index (κ2) is 9.10. The van der Waals surface area contributed by atoms with E-state index in [1.54, 1.807) is 3.88 Å². The summed E-state index contributed by atoms with van der Waals surface area (Å²) in [5.41, 5.74) is 7.49. The van der Waals surface area contributed by atoms with Crippen LogP contribution in [0.15, 0.2) is 38.8 Å². The summed E-state index contributed by atoms with van der Waals surface area (Å²) in [7, 11) is 1.10. The van der Waals surface area contributed by atoms with Crippen LogP contribution in [0.4, 0.5) is 0 Å². The number of rotatable bonds is 3. The average molecular weight is 508 g/mol. The predicted molar refractivity (Wildman–Crippen MR) is 141 cm³/mol. The molecule has 0 radical (unpaired) electrons. The van der Waals surface area contributed by atoms with Gasteiger partial charge in [-0.1, -0.05) is 0 Å². The molecule has 173 valence electrons. The molecule has 0 spiro atoms. The molecule has 0 heterocycles. The number of benzene rings is 1. The van der Waals surface area contributed by atoms with Crippen molar-refractivity contribution in [2.24, 2.45) is 5.92 Å². The molecule has 0 bridgehead atoms. The summed E-state index contributed by atoms with van der Waals surface area (Å²) < 4.78 is 8.80. The standard InChI is InChI=1S/C14H22O.C9H13.2CH3.2ClH.H3Si.Ti/c1-13(2,3)10-7-11(14(4,5)6)9-12(15)8-10;1-6-5-7(2)9(4)8(6)3;;;;;;/h7-9,15H,1-6H3;6H,1-4H3;2*1H3;2*1H;1H3;/q;;;;;;;+1/p-1. The van der Waals surface area contributed by atoms with Crippen LogP contribution in [0.5, 0.6) is 5.75 Å². The Balaban J connectivity index is 0.00000420. The second-order valence-corrected chi connectivity index (χ2v) is 34.8. The minimum atomic E-state index is -3.21. The van der Waals surface area contributed by atoms with Crippen LogP contribution >= 0.6 is 24.8 Å². The van der Waals surface area contributed by atoms with Crippen LogP contribution in [0.25, 0.3) is 0 Å². The SMILES string of the molecule is CC1=C(C)C(C)[C]([Ti]([CH3])([CH3])([SiH3])[O]c2cc(C(C)(C)C)cc(C(C)(C)C)c2)=C1C.Cl.Cl. The first-order valence-corrected chi connectivity index (χ1v) is 21.0. The zero-order valence-electron chi connectivity index (χ0n) is 21.5. The van der Waals surface area contributed by atoms with E-state index in [2.05, 4.69) is 97.9 Å². The van der Waals surface area contributed by atoms with Crippen molar-refractivity contribution in [3.63, 3.8) is 0 Å². The zero-order valence-corrected chi connectivity index (χ0v) is 26.7. The Labute approximate surface area is 202 Å². The fourth-order valence-electron chi connectivity index (χ4n) is 4.73. The summed E-state index contributed by atoms with van der Waals surface area (Å²) in [6, 6.07) is 7.00. The summed E-state index contributed by atoms with van der Waals surface area (Å²) in [5.74, 6) is 1.61. The molecule has 0 N–H and O–H groups in total. The molecule has 1 nitrogen and oxygen atoms in total. The van der Waals surface area contributed by atoms with Crippen LogP contribution in [-0.2, 0) is 25.8 Å². The molecule has 0 aromatic heterocycles. The molecule has 0 aliphatic heterocycles. The number of hydrogen-bond acceptors (Lipinski definition) is 1. The van der Waals surface area contributed by atoms with Crippen LogP contribution in [0.2, 0.25) is 10.5 Å². The van der Waals surface area contributed by atoms with Crippen molar-refractivity contribution in [1.82, 2.24) is 0 Å². The van der Waals surface area contributed by atoms with E-state index in [0.717, 1.165) is 13.9 Å². The molecule has 30 heavy (non-hydrogen) atoms. The molecule has 0 saturated heterocycles. The third kappa shape index (κ3) is 6.07. The topological polar surface area (TPSA) is 9.23 Å². The average Bonchev–Trinajstić information content (AvgIpc) is 2.68. The van der Waals surface area contributed by atoms with Gasteiger partial charge in [-0.05, 0) is 0 Å². The molecule has 0 fully saturated rings. The normalized spacial score (nSPS) is 19.2. The van der Waals surface area contributed by atoms with Gasteiger partial charge in [-0.25, -0.2) is 0 Å². The van der Waals surface area contributed by atoms with Crippen LogP contribution in [0.3, 0.4) is 0 Å². The van der Waals surface area contributed by atoms with E-state index in [9.17, 15) is 0 Å². The molecule has 2 rings (SSSR count).